The number of para-hydroxylation sites is 1. The second-order valence-electron chi connectivity index (χ2n) is 11.3. The summed E-state index contributed by atoms with van der Waals surface area (Å²) in [6, 6.07) is 18.8. The molecule has 0 spiro atoms. The largest absolute Gasteiger partial charge is 0.487 e. The maximum Gasteiger partial charge on any atom is 0.340 e. The smallest absolute Gasteiger partial charge is 0.340 e. The number of alkyl halides is 4. The van der Waals surface area contributed by atoms with E-state index in [9.17, 15) is 27.2 Å². The number of rotatable bonds is 12. The van der Waals surface area contributed by atoms with Crippen LogP contribution in [0, 0.1) is 6.92 Å². The van der Waals surface area contributed by atoms with E-state index in [0.717, 1.165) is 16.8 Å². The van der Waals surface area contributed by atoms with Crippen molar-refractivity contribution in [2.75, 3.05) is 25.2 Å². The van der Waals surface area contributed by atoms with Gasteiger partial charge in [-0.05, 0) is 54.8 Å². The summed E-state index contributed by atoms with van der Waals surface area (Å²) in [5, 5.41) is 3.93. The molecule has 2 aliphatic rings. The zero-order chi connectivity index (χ0) is 33.9. The van der Waals surface area contributed by atoms with Crippen LogP contribution < -0.4 is 9.64 Å². The molecule has 0 fully saturated rings. The van der Waals surface area contributed by atoms with Crippen LogP contribution in [0.5, 0.6) is 5.75 Å². The van der Waals surface area contributed by atoms with Crippen molar-refractivity contribution in [3.63, 3.8) is 0 Å². The summed E-state index contributed by atoms with van der Waals surface area (Å²) >= 11 is 0. The maximum atomic E-state index is 13.9. The molecule has 3 aromatic rings. The SMILES string of the molecule is CCN1c2ccc(C(=O)/C(=N/OC(C)=O)c3ccccc3C)cc2C2C=C(C(OC)c3ccccc3OCC(F)(F)C(F)F)C=CC21. The number of carbonyl (C=O) groups is 2. The maximum absolute atomic E-state index is 13.9. The number of benzene rings is 3. The second-order valence-corrected chi connectivity index (χ2v) is 11.3. The van der Waals surface area contributed by atoms with Crippen molar-refractivity contribution in [1.29, 1.82) is 0 Å². The van der Waals surface area contributed by atoms with Gasteiger partial charge in [0.2, 0.25) is 5.78 Å². The molecular formula is C36H34F4N2O5. The van der Waals surface area contributed by atoms with Gasteiger partial charge in [-0.25, -0.2) is 13.6 Å². The van der Waals surface area contributed by atoms with Gasteiger partial charge >= 0.3 is 18.3 Å². The number of methoxy groups -OCH3 is 1. The van der Waals surface area contributed by atoms with E-state index in [-0.39, 0.29) is 23.4 Å². The number of carbonyl (C=O) groups excluding carboxylic acids is 2. The van der Waals surface area contributed by atoms with Gasteiger partial charge in [-0.1, -0.05) is 65.8 Å². The van der Waals surface area contributed by atoms with Crippen molar-refractivity contribution in [3.05, 3.63) is 118 Å². The lowest BCUT2D eigenvalue weighted by Crippen LogP contribution is -2.34. The topological polar surface area (TPSA) is 77.4 Å². The molecule has 3 atom stereocenters. The highest BCUT2D eigenvalue weighted by molar-refractivity contribution is 6.51. The minimum Gasteiger partial charge on any atom is -0.487 e. The van der Waals surface area contributed by atoms with Crippen LogP contribution in [-0.2, 0) is 14.4 Å². The van der Waals surface area contributed by atoms with Gasteiger partial charge in [-0.3, -0.25) is 4.79 Å². The zero-order valence-corrected chi connectivity index (χ0v) is 26.3. The first-order valence-electron chi connectivity index (χ1n) is 15.0. The highest BCUT2D eigenvalue weighted by atomic mass is 19.3. The number of ketones is 1. The molecule has 0 radical (unpaired) electrons. The Bertz CT molecular complexity index is 1750. The number of ether oxygens (including phenoxy) is 2. The molecule has 47 heavy (non-hydrogen) atoms. The number of halogens is 4. The van der Waals surface area contributed by atoms with Gasteiger partial charge in [0.25, 0.3) is 0 Å². The molecule has 11 heteroatoms. The second kappa shape index (κ2) is 13.9. The van der Waals surface area contributed by atoms with Crippen LogP contribution in [0.2, 0.25) is 0 Å². The average molecular weight is 651 g/mol. The van der Waals surface area contributed by atoms with E-state index in [1.165, 1.54) is 20.1 Å². The average Bonchev–Trinajstić information content (AvgIpc) is 3.37. The van der Waals surface area contributed by atoms with Crippen LogP contribution in [0.3, 0.4) is 0 Å². The quantitative estimate of drug-likeness (QED) is 0.0661. The van der Waals surface area contributed by atoms with Crippen molar-refractivity contribution >= 4 is 23.2 Å². The molecule has 0 bridgehead atoms. The summed E-state index contributed by atoms with van der Waals surface area (Å²) in [6.45, 7) is 4.26. The minimum atomic E-state index is -4.32. The molecule has 0 N–H and O–H groups in total. The summed E-state index contributed by atoms with van der Waals surface area (Å²) in [5.74, 6) is -5.62. The molecule has 3 aromatic carbocycles. The number of fused-ring (bicyclic) bond motifs is 3. The summed E-state index contributed by atoms with van der Waals surface area (Å²) < 4.78 is 64.1. The molecule has 0 saturated heterocycles. The molecule has 0 amide bonds. The third-order valence-electron chi connectivity index (χ3n) is 8.24. The predicted molar refractivity (Wildman–Crippen MR) is 170 cm³/mol. The van der Waals surface area contributed by atoms with Crippen molar-refractivity contribution in [3.8, 4) is 5.75 Å². The molecule has 0 saturated carbocycles. The molecule has 0 aromatic heterocycles. The Morgan fingerprint density at radius 3 is 2.45 bits per heavy atom. The van der Waals surface area contributed by atoms with Crippen LogP contribution in [0.4, 0.5) is 23.2 Å². The van der Waals surface area contributed by atoms with E-state index < -0.39 is 36.8 Å². The van der Waals surface area contributed by atoms with Crippen molar-refractivity contribution in [1.82, 2.24) is 0 Å². The van der Waals surface area contributed by atoms with E-state index in [1.54, 1.807) is 36.4 Å². The first-order chi connectivity index (χ1) is 22.5. The standard InChI is InChI=1S/C36H34F4N2O5/c1-5-42-29-16-14-23(33(44)32(41-47-22(3)43)25-11-7-6-10-21(25)2)18-27(29)28-19-24(15-17-30(28)42)34(45-4)26-12-8-9-13-31(26)46-20-36(39,40)35(37)38/h6-19,28,30,34-35H,5,20H2,1-4H3/b41-32+. The number of Topliss-reactive ketones (excluding diaryl/α,β-unsaturated/α-hetero) is 1. The van der Waals surface area contributed by atoms with Crippen LogP contribution in [0.25, 0.3) is 0 Å². The van der Waals surface area contributed by atoms with Crippen molar-refractivity contribution < 1.29 is 41.5 Å². The lowest BCUT2D eigenvalue weighted by Gasteiger charge is -2.30. The van der Waals surface area contributed by atoms with Gasteiger partial charge < -0.3 is 19.2 Å². The summed E-state index contributed by atoms with van der Waals surface area (Å²) in [7, 11) is 1.46. The Labute approximate surface area is 270 Å². The normalized spacial score (nSPS) is 18.0. The third kappa shape index (κ3) is 6.85. The molecule has 5 rings (SSSR count). The molecule has 246 valence electrons. The van der Waals surface area contributed by atoms with Gasteiger partial charge in [0.15, 0.2) is 12.3 Å². The fourth-order valence-corrected chi connectivity index (χ4v) is 6.01. The molecule has 3 unspecified atom stereocenters. The molecule has 7 nitrogen and oxygen atoms in total. The first-order valence-corrected chi connectivity index (χ1v) is 15.0. The Kier molecular flexibility index (Phi) is 9.95. The summed E-state index contributed by atoms with van der Waals surface area (Å²) in [6.07, 6.45) is 1.28. The van der Waals surface area contributed by atoms with E-state index in [2.05, 4.69) is 10.1 Å². The molecule has 1 heterocycles. The van der Waals surface area contributed by atoms with E-state index in [0.29, 0.717) is 28.8 Å². The summed E-state index contributed by atoms with van der Waals surface area (Å²) in [5.41, 5.74) is 4.55. The lowest BCUT2D eigenvalue weighted by atomic mass is 9.84. The third-order valence-corrected chi connectivity index (χ3v) is 8.24. The number of hydrogen-bond acceptors (Lipinski definition) is 7. The van der Waals surface area contributed by atoms with E-state index in [1.807, 2.05) is 56.3 Å². The number of hydrogen-bond donors (Lipinski definition) is 0. The molecule has 1 aliphatic carbocycles. The van der Waals surface area contributed by atoms with Crippen molar-refractivity contribution in [2.45, 2.75) is 51.2 Å². The van der Waals surface area contributed by atoms with E-state index in [4.69, 9.17) is 14.3 Å². The van der Waals surface area contributed by atoms with Gasteiger partial charge in [-0.15, -0.1) is 0 Å². The Balaban J connectivity index is 1.51. The summed E-state index contributed by atoms with van der Waals surface area (Å²) in [4.78, 5) is 32.7. The number of nitrogens with zero attached hydrogens (tertiary/aromatic N) is 2. The highest BCUT2D eigenvalue weighted by Crippen LogP contribution is 2.47. The fraction of sp³-hybridized carbons (Fsp3) is 0.306. The van der Waals surface area contributed by atoms with Gasteiger partial charge in [0.05, 0.1) is 6.04 Å². The fourth-order valence-electron chi connectivity index (χ4n) is 6.01. The Morgan fingerprint density at radius 1 is 1.04 bits per heavy atom. The van der Waals surface area contributed by atoms with Crippen LogP contribution in [0.1, 0.15) is 58.5 Å². The number of likely N-dealkylation sites (N-methyl/N-ethyl adjacent to an activating group) is 1. The van der Waals surface area contributed by atoms with Crippen LogP contribution >= 0.6 is 0 Å². The molecular weight excluding hydrogens is 616 g/mol. The van der Waals surface area contributed by atoms with Gasteiger partial charge in [0, 0.05) is 48.9 Å². The monoisotopic (exact) mass is 650 g/mol. The Hall–Kier alpha value is -4.77. The first kappa shape index (κ1) is 33.6. The zero-order valence-electron chi connectivity index (χ0n) is 26.3. The van der Waals surface area contributed by atoms with Gasteiger partial charge in [-0.2, -0.15) is 8.78 Å². The number of anilines is 1. The van der Waals surface area contributed by atoms with Crippen molar-refractivity contribution in [2.24, 2.45) is 5.16 Å². The minimum absolute atomic E-state index is 0.00166. The predicted octanol–water partition coefficient (Wildman–Crippen LogP) is 7.60. The number of aryl methyl sites for hydroxylation is 1. The highest BCUT2D eigenvalue weighted by Gasteiger charge is 2.42. The van der Waals surface area contributed by atoms with Gasteiger partial charge in [0.1, 0.15) is 11.9 Å². The molecule has 1 aliphatic heterocycles. The van der Waals surface area contributed by atoms with E-state index >= 15 is 0 Å². The Morgan fingerprint density at radius 2 is 1.77 bits per heavy atom. The van der Waals surface area contributed by atoms with Crippen LogP contribution in [-0.4, -0.2) is 56.1 Å². The number of oxime groups is 1. The van der Waals surface area contributed by atoms with Crippen LogP contribution in [0.15, 0.2) is 95.7 Å². The lowest BCUT2D eigenvalue weighted by molar-refractivity contribution is -0.148.